The standard InChI is InChI=1S/C11H10N3O2.K/c1-7-5-8(2)10(14-13)9(6-7)11(15)16-4-3-12;/h5-6H,4H2,1-2H3;/q-1;+1. The van der Waals surface area contributed by atoms with E-state index in [0.29, 0.717) is 5.56 Å². The summed E-state index contributed by atoms with van der Waals surface area (Å²) >= 11 is 0. The number of nitrogens with zero attached hydrogens (tertiary/aromatic N) is 3. The van der Waals surface area contributed by atoms with E-state index in [9.17, 15) is 4.79 Å². The molecule has 0 aliphatic carbocycles. The van der Waals surface area contributed by atoms with Crippen LogP contribution in [0.1, 0.15) is 21.5 Å². The number of hydrogen-bond donors (Lipinski definition) is 0. The molecule has 1 aromatic carbocycles. The summed E-state index contributed by atoms with van der Waals surface area (Å²) in [4.78, 5) is 11.5. The molecule has 6 heteroatoms. The molecule has 0 amide bonds. The summed E-state index contributed by atoms with van der Waals surface area (Å²) in [5.74, 6) is -0.666. The zero-order valence-corrected chi connectivity index (χ0v) is 13.1. The molecule has 0 unspecified atom stereocenters. The minimum Gasteiger partial charge on any atom is -0.706 e. The van der Waals surface area contributed by atoms with Crippen LogP contribution in [0.4, 0.5) is 5.69 Å². The van der Waals surface area contributed by atoms with Gasteiger partial charge in [-0.05, 0) is 31.0 Å². The second kappa shape index (κ2) is 7.69. The molecular weight excluding hydrogens is 245 g/mol. The van der Waals surface area contributed by atoms with Crippen molar-refractivity contribution in [2.24, 2.45) is 5.11 Å². The van der Waals surface area contributed by atoms with Crippen LogP contribution in [-0.2, 0) is 4.74 Å². The van der Waals surface area contributed by atoms with Gasteiger partial charge < -0.3 is 15.4 Å². The first-order chi connectivity index (χ1) is 7.60. The molecule has 0 fully saturated rings. The molecule has 1 aromatic rings. The monoisotopic (exact) mass is 255 g/mol. The zero-order valence-electron chi connectivity index (χ0n) is 10.0. The molecule has 5 nitrogen and oxygen atoms in total. The predicted octanol–water partition coefficient (Wildman–Crippen LogP) is -0.359. The summed E-state index contributed by atoms with van der Waals surface area (Å²) in [5.41, 5.74) is 10.7. The van der Waals surface area contributed by atoms with Crippen LogP contribution < -0.4 is 51.4 Å². The molecule has 0 atom stereocenters. The average Bonchev–Trinajstić information content (AvgIpc) is 2.24. The number of carbonyl (C=O) groups is 1. The molecule has 0 bridgehead atoms. The number of aryl methyl sites for hydroxylation is 2. The summed E-state index contributed by atoms with van der Waals surface area (Å²) in [6, 6.07) is 5.04. The van der Waals surface area contributed by atoms with Crippen molar-refractivity contribution in [3.05, 3.63) is 34.4 Å². The number of carbonyl (C=O) groups excluding carboxylic acids is 1. The number of nitriles is 1. The number of ether oxygens (including phenoxy) is 1. The molecule has 0 radical (unpaired) electrons. The van der Waals surface area contributed by atoms with E-state index in [1.165, 1.54) is 0 Å². The summed E-state index contributed by atoms with van der Waals surface area (Å²) in [6.45, 7) is 3.22. The number of esters is 1. The second-order valence-electron chi connectivity index (χ2n) is 3.31. The Kier molecular flexibility index (Phi) is 7.42. The fourth-order valence-electron chi connectivity index (χ4n) is 1.42. The maximum absolute atomic E-state index is 11.5. The Morgan fingerprint density at radius 3 is 2.71 bits per heavy atom. The van der Waals surface area contributed by atoms with Gasteiger partial charge in [0, 0.05) is 0 Å². The summed E-state index contributed by atoms with van der Waals surface area (Å²) in [7, 11) is 0. The Morgan fingerprint density at radius 2 is 2.18 bits per heavy atom. The Bertz CT molecular complexity index is 480. The molecular formula is C11H10KN3O2. The molecule has 1 rings (SSSR count). The molecule has 17 heavy (non-hydrogen) atoms. The first kappa shape index (κ1) is 16.4. The third kappa shape index (κ3) is 4.30. The van der Waals surface area contributed by atoms with Crippen LogP contribution in [-0.4, -0.2) is 12.6 Å². The molecule has 0 aliphatic heterocycles. The van der Waals surface area contributed by atoms with Crippen molar-refractivity contribution < 1.29 is 60.9 Å². The van der Waals surface area contributed by atoms with Crippen molar-refractivity contribution >= 4 is 11.7 Å². The molecule has 0 saturated carbocycles. The molecule has 0 spiro atoms. The molecule has 82 valence electrons. The van der Waals surface area contributed by atoms with Crippen LogP contribution in [0.3, 0.4) is 0 Å². The third-order valence-electron chi connectivity index (χ3n) is 2.03. The largest absolute Gasteiger partial charge is 1.00 e. The van der Waals surface area contributed by atoms with Gasteiger partial charge in [-0.2, -0.15) is 5.26 Å². The summed E-state index contributed by atoms with van der Waals surface area (Å²) in [6.07, 6.45) is 0. The van der Waals surface area contributed by atoms with Crippen molar-refractivity contribution in [1.29, 1.82) is 5.26 Å². The predicted molar refractivity (Wildman–Crippen MR) is 57.3 cm³/mol. The third-order valence-corrected chi connectivity index (χ3v) is 2.03. The Balaban J connectivity index is 0.00000256. The van der Waals surface area contributed by atoms with Gasteiger partial charge in [0.25, 0.3) is 0 Å². The zero-order chi connectivity index (χ0) is 12.1. The van der Waals surface area contributed by atoms with Crippen LogP contribution in [0.15, 0.2) is 17.2 Å². The van der Waals surface area contributed by atoms with Crippen molar-refractivity contribution in [1.82, 2.24) is 0 Å². The van der Waals surface area contributed by atoms with E-state index in [1.54, 1.807) is 25.1 Å². The molecule has 0 N–H and O–H groups in total. The van der Waals surface area contributed by atoms with Crippen LogP contribution >= 0.6 is 0 Å². The Labute approximate surface area is 142 Å². The van der Waals surface area contributed by atoms with Gasteiger partial charge in [-0.1, -0.05) is 6.07 Å². The number of rotatable bonds is 3. The van der Waals surface area contributed by atoms with Crippen molar-refractivity contribution in [2.75, 3.05) is 6.61 Å². The van der Waals surface area contributed by atoms with Gasteiger partial charge in [-0.15, -0.1) is 0 Å². The fourth-order valence-corrected chi connectivity index (χ4v) is 1.42. The van der Waals surface area contributed by atoms with E-state index in [1.807, 2.05) is 6.92 Å². The molecule has 0 heterocycles. The SMILES string of the molecule is Cc1cc(C)c(N=[N-])c(C(=O)OCC#N)c1.[K+]. The Hall–Kier alpha value is -0.584. The topological polar surface area (TPSA) is 84.8 Å². The average molecular weight is 255 g/mol. The van der Waals surface area contributed by atoms with E-state index in [4.69, 9.17) is 10.8 Å². The smallest absolute Gasteiger partial charge is 0.706 e. The van der Waals surface area contributed by atoms with Gasteiger partial charge in [0.2, 0.25) is 0 Å². The maximum Gasteiger partial charge on any atom is 1.00 e. The van der Waals surface area contributed by atoms with Crippen LogP contribution in [0.5, 0.6) is 0 Å². The molecule has 0 aromatic heterocycles. The first-order valence-corrected chi connectivity index (χ1v) is 4.60. The van der Waals surface area contributed by atoms with Crippen molar-refractivity contribution in [2.45, 2.75) is 13.8 Å². The van der Waals surface area contributed by atoms with Gasteiger partial charge in [0.05, 0.1) is 11.3 Å². The van der Waals surface area contributed by atoms with Gasteiger partial charge in [0.1, 0.15) is 6.07 Å². The van der Waals surface area contributed by atoms with Crippen molar-refractivity contribution in [3.63, 3.8) is 0 Å². The van der Waals surface area contributed by atoms with Crippen LogP contribution in [0.2, 0.25) is 0 Å². The number of hydrogen-bond acceptors (Lipinski definition) is 4. The van der Waals surface area contributed by atoms with Gasteiger partial charge in [-0.3, -0.25) is 0 Å². The molecule has 0 saturated heterocycles. The minimum absolute atomic E-state index is 0. The van der Waals surface area contributed by atoms with Crippen molar-refractivity contribution in [3.8, 4) is 6.07 Å². The normalized spacial score (nSPS) is 8.76. The van der Waals surface area contributed by atoms with E-state index >= 15 is 0 Å². The van der Waals surface area contributed by atoms with E-state index in [0.717, 1.165) is 5.56 Å². The maximum atomic E-state index is 11.5. The van der Waals surface area contributed by atoms with Gasteiger partial charge >= 0.3 is 57.4 Å². The summed E-state index contributed by atoms with van der Waals surface area (Å²) in [5, 5.41) is 11.4. The summed E-state index contributed by atoms with van der Waals surface area (Å²) < 4.78 is 4.66. The van der Waals surface area contributed by atoms with Crippen LogP contribution in [0.25, 0.3) is 5.53 Å². The van der Waals surface area contributed by atoms with E-state index in [2.05, 4.69) is 9.85 Å². The van der Waals surface area contributed by atoms with Crippen LogP contribution in [0, 0.1) is 25.2 Å². The van der Waals surface area contributed by atoms with Gasteiger partial charge in [0.15, 0.2) is 6.61 Å². The van der Waals surface area contributed by atoms with E-state index in [-0.39, 0.29) is 69.2 Å². The van der Waals surface area contributed by atoms with Gasteiger partial charge in [-0.25, -0.2) is 4.79 Å². The fraction of sp³-hybridized carbons (Fsp3) is 0.273. The molecule has 0 aliphatic rings. The van der Waals surface area contributed by atoms with E-state index < -0.39 is 5.97 Å². The quantitative estimate of drug-likeness (QED) is 0.420. The minimum atomic E-state index is -0.666. The first-order valence-electron chi connectivity index (χ1n) is 4.60. The Morgan fingerprint density at radius 1 is 1.53 bits per heavy atom. The number of benzene rings is 1. The second-order valence-corrected chi connectivity index (χ2v) is 3.31.